The van der Waals surface area contributed by atoms with Crippen LogP contribution in [0.15, 0.2) is 35.7 Å². The van der Waals surface area contributed by atoms with Gasteiger partial charge in [0.25, 0.3) is 5.91 Å². The molecule has 23 heavy (non-hydrogen) atoms. The van der Waals surface area contributed by atoms with E-state index in [0.717, 1.165) is 18.4 Å². The predicted octanol–water partition coefficient (Wildman–Crippen LogP) is 3.04. The highest BCUT2D eigenvalue weighted by molar-refractivity contribution is 7.12. The van der Waals surface area contributed by atoms with Crippen LogP contribution in [0, 0.1) is 11.7 Å². The summed E-state index contributed by atoms with van der Waals surface area (Å²) >= 11 is 1.22. The van der Waals surface area contributed by atoms with Gasteiger partial charge in [-0.2, -0.15) is 0 Å². The molecule has 0 bridgehead atoms. The van der Waals surface area contributed by atoms with Gasteiger partial charge in [-0.1, -0.05) is 12.1 Å². The van der Waals surface area contributed by atoms with Crippen LogP contribution in [-0.2, 0) is 6.54 Å². The van der Waals surface area contributed by atoms with E-state index in [1.807, 2.05) is 0 Å². The smallest absolute Gasteiger partial charge is 0.264 e. The van der Waals surface area contributed by atoms with Gasteiger partial charge in [0, 0.05) is 18.5 Å². The van der Waals surface area contributed by atoms with Crippen LogP contribution in [0.5, 0.6) is 0 Å². The molecule has 2 aromatic rings. The van der Waals surface area contributed by atoms with Crippen LogP contribution >= 0.6 is 11.3 Å². The van der Waals surface area contributed by atoms with Crippen LogP contribution < -0.4 is 5.73 Å². The maximum Gasteiger partial charge on any atom is 0.264 e. The summed E-state index contributed by atoms with van der Waals surface area (Å²) in [6.07, 6.45) is 2.26. The zero-order valence-electron chi connectivity index (χ0n) is 12.5. The first-order chi connectivity index (χ1) is 11.0. The molecule has 6 heteroatoms. The van der Waals surface area contributed by atoms with Crippen molar-refractivity contribution in [3.63, 3.8) is 0 Å². The topological polar surface area (TPSA) is 63.4 Å². The highest BCUT2D eigenvalue weighted by Gasteiger charge is 2.28. The van der Waals surface area contributed by atoms with Gasteiger partial charge in [0.15, 0.2) is 0 Å². The van der Waals surface area contributed by atoms with Crippen LogP contribution in [0.25, 0.3) is 0 Å². The summed E-state index contributed by atoms with van der Waals surface area (Å²) in [7, 11) is 0. The maximum absolute atomic E-state index is 13.0. The molecular formula is C17H17FN2O2S. The number of rotatable bonds is 6. The molecule has 1 aromatic carbocycles. The van der Waals surface area contributed by atoms with Gasteiger partial charge in [-0.3, -0.25) is 9.59 Å². The number of amides is 2. The fourth-order valence-electron chi connectivity index (χ4n) is 2.37. The van der Waals surface area contributed by atoms with E-state index in [1.54, 1.807) is 28.5 Å². The van der Waals surface area contributed by atoms with E-state index >= 15 is 0 Å². The Morgan fingerprint density at radius 2 is 1.96 bits per heavy atom. The summed E-state index contributed by atoms with van der Waals surface area (Å²) in [5, 5.41) is 1.60. The molecular weight excluding hydrogens is 315 g/mol. The van der Waals surface area contributed by atoms with Gasteiger partial charge in [-0.05, 0) is 42.5 Å². The van der Waals surface area contributed by atoms with E-state index in [2.05, 4.69) is 0 Å². The van der Waals surface area contributed by atoms with E-state index in [1.165, 1.54) is 23.5 Å². The Balaban J connectivity index is 1.77. The third kappa shape index (κ3) is 3.96. The van der Waals surface area contributed by atoms with E-state index < -0.39 is 5.91 Å². The molecule has 2 amide bonds. The zero-order chi connectivity index (χ0) is 16.4. The number of primary amides is 1. The number of nitrogens with two attached hydrogens (primary N) is 1. The first-order valence-electron chi connectivity index (χ1n) is 7.45. The van der Waals surface area contributed by atoms with Gasteiger partial charge in [-0.25, -0.2) is 4.39 Å². The molecule has 1 fully saturated rings. The monoisotopic (exact) mass is 332 g/mol. The number of hydrogen-bond donors (Lipinski definition) is 1. The number of thiophene rings is 1. The largest absolute Gasteiger partial charge is 0.366 e. The summed E-state index contributed by atoms with van der Waals surface area (Å²) in [4.78, 5) is 26.2. The van der Waals surface area contributed by atoms with Crippen molar-refractivity contribution >= 4 is 23.2 Å². The van der Waals surface area contributed by atoms with Crippen molar-refractivity contribution in [2.45, 2.75) is 19.4 Å². The van der Waals surface area contributed by atoms with E-state index in [4.69, 9.17) is 5.73 Å². The van der Waals surface area contributed by atoms with E-state index in [-0.39, 0.29) is 11.7 Å². The molecule has 1 heterocycles. The third-order valence-electron chi connectivity index (χ3n) is 3.84. The van der Waals surface area contributed by atoms with Crippen molar-refractivity contribution in [3.05, 3.63) is 57.5 Å². The molecule has 0 atom stereocenters. The van der Waals surface area contributed by atoms with Crippen LogP contribution in [0.4, 0.5) is 4.39 Å². The lowest BCUT2D eigenvalue weighted by Gasteiger charge is -2.22. The molecule has 0 radical (unpaired) electrons. The quantitative estimate of drug-likeness (QED) is 0.884. The Morgan fingerprint density at radius 1 is 1.26 bits per heavy atom. The van der Waals surface area contributed by atoms with Crippen molar-refractivity contribution in [3.8, 4) is 0 Å². The zero-order valence-corrected chi connectivity index (χ0v) is 13.3. The molecule has 0 spiro atoms. The van der Waals surface area contributed by atoms with E-state index in [0.29, 0.717) is 29.4 Å². The van der Waals surface area contributed by atoms with Crippen molar-refractivity contribution in [1.29, 1.82) is 0 Å². The second kappa shape index (κ2) is 6.50. The SMILES string of the molecule is NC(=O)c1csc(C(=O)N(Cc2ccc(F)cc2)CC2CC2)c1. The predicted molar refractivity (Wildman–Crippen MR) is 86.7 cm³/mol. The fraction of sp³-hybridized carbons (Fsp3) is 0.294. The van der Waals surface area contributed by atoms with Gasteiger partial charge in [0.2, 0.25) is 5.91 Å². The lowest BCUT2D eigenvalue weighted by molar-refractivity contribution is 0.0740. The lowest BCUT2D eigenvalue weighted by Crippen LogP contribution is -2.32. The number of carbonyl (C=O) groups is 2. The first-order valence-corrected chi connectivity index (χ1v) is 8.33. The van der Waals surface area contributed by atoms with Crippen molar-refractivity contribution in [2.24, 2.45) is 11.7 Å². The molecule has 4 nitrogen and oxygen atoms in total. The minimum Gasteiger partial charge on any atom is -0.366 e. The van der Waals surface area contributed by atoms with Gasteiger partial charge >= 0.3 is 0 Å². The fourth-order valence-corrected chi connectivity index (χ4v) is 3.24. The van der Waals surface area contributed by atoms with Crippen molar-refractivity contribution in [1.82, 2.24) is 4.90 Å². The maximum atomic E-state index is 13.0. The Morgan fingerprint density at radius 3 is 2.52 bits per heavy atom. The Hall–Kier alpha value is -2.21. The van der Waals surface area contributed by atoms with Crippen molar-refractivity contribution < 1.29 is 14.0 Å². The summed E-state index contributed by atoms with van der Waals surface area (Å²) in [5.74, 6) is -0.403. The second-order valence-electron chi connectivity index (χ2n) is 5.82. The summed E-state index contributed by atoms with van der Waals surface area (Å²) in [6.45, 7) is 1.11. The average Bonchev–Trinajstić information content (AvgIpc) is 3.20. The number of carbonyl (C=O) groups excluding carboxylic acids is 2. The van der Waals surface area contributed by atoms with Gasteiger partial charge in [0.05, 0.1) is 10.4 Å². The van der Waals surface area contributed by atoms with Gasteiger partial charge in [0.1, 0.15) is 5.82 Å². The first kappa shape index (κ1) is 15.7. The van der Waals surface area contributed by atoms with Crippen LogP contribution in [0.1, 0.15) is 38.4 Å². The van der Waals surface area contributed by atoms with Gasteiger partial charge < -0.3 is 10.6 Å². The van der Waals surface area contributed by atoms with Crippen LogP contribution in [0.2, 0.25) is 0 Å². The van der Waals surface area contributed by atoms with Crippen LogP contribution in [0.3, 0.4) is 0 Å². The second-order valence-corrected chi connectivity index (χ2v) is 6.73. The Bertz CT molecular complexity index is 722. The molecule has 2 N–H and O–H groups in total. The standard InChI is InChI=1S/C17H17FN2O2S/c18-14-5-3-12(4-6-14)9-20(8-11-1-2-11)17(22)15-7-13(10-23-15)16(19)21/h3-7,10-11H,1-2,8-9H2,(H2,19,21). The molecule has 1 saturated carbocycles. The lowest BCUT2D eigenvalue weighted by atomic mass is 10.2. The third-order valence-corrected chi connectivity index (χ3v) is 4.76. The molecule has 0 saturated heterocycles. The summed E-state index contributed by atoms with van der Waals surface area (Å²) in [6, 6.07) is 7.70. The number of halogens is 1. The molecule has 0 aliphatic heterocycles. The Labute approximate surface area is 137 Å². The normalized spacial score (nSPS) is 13.8. The molecule has 3 rings (SSSR count). The summed E-state index contributed by atoms with van der Waals surface area (Å²) < 4.78 is 13.0. The number of nitrogens with zero attached hydrogens (tertiary/aromatic N) is 1. The minimum atomic E-state index is -0.535. The highest BCUT2D eigenvalue weighted by Crippen LogP contribution is 2.31. The minimum absolute atomic E-state index is 0.112. The van der Waals surface area contributed by atoms with Gasteiger partial charge in [-0.15, -0.1) is 11.3 Å². The molecule has 120 valence electrons. The number of benzene rings is 1. The van der Waals surface area contributed by atoms with E-state index in [9.17, 15) is 14.0 Å². The average molecular weight is 332 g/mol. The van der Waals surface area contributed by atoms with Crippen LogP contribution in [-0.4, -0.2) is 23.3 Å². The summed E-state index contributed by atoms with van der Waals surface area (Å²) in [5.41, 5.74) is 6.47. The van der Waals surface area contributed by atoms with Crippen molar-refractivity contribution in [2.75, 3.05) is 6.54 Å². The molecule has 1 aliphatic carbocycles. The molecule has 0 unspecified atom stereocenters. The highest BCUT2D eigenvalue weighted by atomic mass is 32.1. The molecule has 1 aliphatic rings. The number of hydrogen-bond acceptors (Lipinski definition) is 3. The molecule has 1 aromatic heterocycles. The Kier molecular flexibility index (Phi) is 4.43.